The summed E-state index contributed by atoms with van der Waals surface area (Å²) < 4.78 is 0. The lowest BCUT2D eigenvalue weighted by atomic mass is 9.53. The maximum atomic E-state index is 12.2. The highest BCUT2D eigenvalue weighted by molar-refractivity contribution is 5.82. The van der Waals surface area contributed by atoms with E-state index >= 15 is 0 Å². The number of hydrogen-bond donors (Lipinski definition) is 1. The summed E-state index contributed by atoms with van der Waals surface area (Å²) in [5, 5.41) is 18.9. The minimum atomic E-state index is -0.356. The Bertz CT molecular complexity index is 645. The minimum absolute atomic E-state index is 0.149. The summed E-state index contributed by atoms with van der Waals surface area (Å²) >= 11 is 0. The second kappa shape index (κ2) is 5.43. The third-order valence-corrected chi connectivity index (χ3v) is 6.22. The molecular formula is C19H23NO2. The molecule has 0 aromatic heterocycles. The van der Waals surface area contributed by atoms with Gasteiger partial charge in [-0.25, -0.2) is 0 Å². The van der Waals surface area contributed by atoms with Crippen LogP contribution >= 0.6 is 0 Å². The monoisotopic (exact) mass is 297 g/mol. The summed E-state index contributed by atoms with van der Waals surface area (Å²) in [6.07, 6.45) is 4.26. The molecule has 3 nitrogen and oxygen atoms in total. The van der Waals surface area contributed by atoms with E-state index in [9.17, 15) is 15.2 Å². The number of aromatic hydroxyl groups is 1. The van der Waals surface area contributed by atoms with Gasteiger partial charge in [0.05, 0.1) is 6.07 Å². The first-order valence-electron chi connectivity index (χ1n) is 8.17. The van der Waals surface area contributed by atoms with Crippen LogP contribution in [0.15, 0.2) is 18.2 Å². The number of nitrogens with zero attached hydrogens (tertiary/aromatic N) is 1. The van der Waals surface area contributed by atoms with E-state index in [-0.39, 0.29) is 17.1 Å². The van der Waals surface area contributed by atoms with Crippen molar-refractivity contribution in [2.45, 2.75) is 51.9 Å². The van der Waals surface area contributed by atoms with Crippen LogP contribution in [0.25, 0.3) is 0 Å². The van der Waals surface area contributed by atoms with Gasteiger partial charge < -0.3 is 5.11 Å². The maximum absolute atomic E-state index is 12.2. The molecule has 4 atom stereocenters. The fraction of sp³-hybridized carbons (Fsp3) is 0.579. The Hall–Kier alpha value is -1.82. The highest BCUT2D eigenvalue weighted by Crippen LogP contribution is 2.56. The molecule has 1 aromatic carbocycles. The summed E-state index contributed by atoms with van der Waals surface area (Å²) in [4.78, 5) is 12.2. The highest BCUT2D eigenvalue weighted by Gasteiger charge is 2.50. The molecule has 116 valence electrons. The lowest BCUT2D eigenvalue weighted by Crippen LogP contribution is -2.46. The van der Waals surface area contributed by atoms with Gasteiger partial charge in [0.1, 0.15) is 11.5 Å². The Morgan fingerprint density at radius 2 is 2.23 bits per heavy atom. The lowest BCUT2D eigenvalue weighted by Gasteiger charge is -2.50. The quantitative estimate of drug-likeness (QED) is 0.898. The number of Topliss-reactive ketones (excluding diaryl/α,β-unsaturated/α-hetero) is 1. The van der Waals surface area contributed by atoms with E-state index in [4.69, 9.17) is 0 Å². The number of nitriles is 1. The topological polar surface area (TPSA) is 61.1 Å². The Morgan fingerprint density at radius 3 is 2.91 bits per heavy atom. The number of aryl methyl sites for hydroxylation is 1. The zero-order chi connectivity index (χ0) is 15.9. The van der Waals surface area contributed by atoms with E-state index in [0.29, 0.717) is 24.0 Å². The van der Waals surface area contributed by atoms with Crippen molar-refractivity contribution in [2.75, 3.05) is 0 Å². The summed E-state index contributed by atoms with van der Waals surface area (Å²) in [6, 6.07) is 8.01. The molecule has 0 bridgehead atoms. The molecule has 1 N–H and O–H groups in total. The molecular weight excluding hydrogens is 274 g/mol. The van der Waals surface area contributed by atoms with E-state index in [0.717, 1.165) is 25.7 Å². The molecule has 3 rings (SSSR count). The molecule has 0 amide bonds. The predicted molar refractivity (Wildman–Crippen MR) is 84.4 cm³/mol. The van der Waals surface area contributed by atoms with Gasteiger partial charge in [-0.05, 0) is 73.6 Å². The van der Waals surface area contributed by atoms with Gasteiger partial charge in [-0.1, -0.05) is 13.0 Å². The number of phenols is 1. The van der Waals surface area contributed by atoms with Gasteiger partial charge >= 0.3 is 0 Å². The van der Waals surface area contributed by atoms with Gasteiger partial charge in [0, 0.05) is 11.8 Å². The molecule has 0 radical (unpaired) electrons. The fourth-order valence-corrected chi connectivity index (χ4v) is 4.80. The van der Waals surface area contributed by atoms with Crippen molar-refractivity contribution in [3.63, 3.8) is 0 Å². The van der Waals surface area contributed by atoms with E-state index in [1.807, 2.05) is 12.1 Å². The molecule has 2 aliphatic rings. The maximum Gasteiger partial charge on any atom is 0.136 e. The van der Waals surface area contributed by atoms with Gasteiger partial charge in [-0.2, -0.15) is 5.26 Å². The van der Waals surface area contributed by atoms with Crippen molar-refractivity contribution in [1.29, 1.82) is 5.26 Å². The summed E-state index contributed by atoms with van der Waals surface area (Å²) in [5.41, 5.74) is 2.21. The van der Waals surface area contributed by atoms with Crippen LogP contribution in [0.3, 0.4) is 0 Å². The van der Waals surface area contributed by atoms with Crippen molar-refractivity contribution < 1.29 is 9.90 Å². The van der Waals surface area contributed by atoms with Crippen molar-refractivity contribution >= 4 is 5.78 Å². The minimum Gasteiger partial charge on any atom is -0.508 e. The van der Waals surface area contributed by atoms with Crippen LogP contribution < -0.4 is 0 Å². The third-order valence-electron chi connectivity index (χ3n) is 6.22. The number of phenolic OH excluding ortho intramolecular Hbond substituents is 1. The number of carbonyl (C=O) groups is 1. The molecule has 3 heteroatoms. The van der Waals surface area contributed by atoms with Crippen LogP contribution in [-0.4, -0.2) is 10.9 Å². The second-order valence-electron chi connectivity index (χ2n) is 7.17. The Morgan fingerprint density at radius 1 is 1.45 bits per heavy atom. The molecule has 0 saturated heterocycles. The molecule has 22 heavy (non-hydrogen) atoms. The molecule has 1 aromatic rings. The molecule has 2 aliphatic carbocycles. The summed E-state index contributed by atoms with van der Waals surface area (Å²) in [6.45, 7) is 3.74. The average molecular weight is 297 g/mol. The van der Waals surface area contributed by atoms with Crippen LogP contribution in [-0.2, 0) is 11.2 Å². The van der Waals surface area contributed by atoms with Crippen molar-refractivity contribution in [2.24, 2.45) is 17.3 Å². The normalized spacial score (nSPS) is 33.4. The predicted octanol–water partition coefficient (Wildman–Crippen LogP) is 3.96. The van der Waals surface area contributed by atoms with E-state index < -0.39 is 0 Å². The standard InChI is InChI=1S/C19H23NO2/c1-12(21)19(2)9-7-16-15-6-4-14(22)11-13(15)3-5-17(16)18(19)8-10-20/h4,6,11,16-18,22H,3,5,7-9H2,1-2H3/t16-,17-,18+,19-/m1/s1. The van der Waals surface area contributed by atoms with Gasteiger partial charge in [-0.15, -0.1) is 0 Å². The van der Waals surface area contributed by atoms with Crippen molar-refractivity contribution in [3.8, 4) is 11.8 Å². The van der Waals surface area contributed by atoms with Crippen molar-refractivity contribution in [1.82, 2.24) is 0 Å². The molecule has 0 unspecified atom stereocenters. The first kappa shape index (κ1) is 15.1. The molecule has 0 heterocycles. The van der Waals surface area contributed by atoms with Crippen LogP contribution in [0.4, 0.5) is 0 Å². The number of rotatable bonds is 2. The van der Waals surface area contributed by atoms with Gasteiger partial charge in [-0.3, -0.25) is 4.79 Å². The van der Waals surface area contributed by atoms with Gasteiger partial charge in [0.25, 0.3) is 0 Å². The lowest BCUT2D eigenvalue weighted by molar-refractivity contribution is -0.133. The summed E-state index contributed by atoms with van der Waals surface area (Å²) in [7, 11) is 0. The Kier molecular flexibility index (Phi) is 3.72. The molecule has 0 aliphatic heterocycles. The molecule has 1 fully saturated rings. The SMILES string of the molecule is CC(=O)[C@@]1(C)CC[C@@H]2c3ccc(O)cc3CC[C@H]2[C@@H]1CC#N. The van der Waals surface area contributed by atoms with Crippen LogP contribution in [0.5, 0.6) is 5.75 Å². The summed E-state index contributed by atoms with van der Waals surface area (Å²) in [5.74, 6) is 1.53. The van der Waals surface area contributed by atoms with E-state index in [1.165, 1.54) is 11.1 Å². The number of fused-ring (bicyclic) bond motifs is 3. The second-order valence-corrected chi connectivity index (χ2v) is 7.17. The number of carbonyl (C=O) groups excluding carboxylic acids is 1. The Balaban J connectivity index is 1.99. The highest BCUT2D eigenvalue weighted by atomic mass is 16.3. The average Bonchev–Trinajstić information content (AvgIpc) is 2.49. The first-order chi connectivity index (χ1) is 10.5. The number of benzene rings is 1. The van der Waals surface area contributed by atoms with E-state index in [1.54, 1.807) is 13.0 Å². The third kappa shape index (κ3) is 2.22. The largest absolute Gasteiger partial charge is 0.508 e. The van der Waals surface area contributed by atoms with Crippen LogP contribution in [0, 0.1) is 28.6 Å². The zero-order valence-electron chi connectivity index (χ0n) is 13.3. The molecule has 0 spiro atoms. The van der Waals surface area contributed by atoms with Gasteiger partial charge in [0.15, 0.2) is 0 Å². The smallest absolute Gasteiger partial charge is 0.136 e. The van der Waals surface area contributed by atoms with Gasteiger partial charge in [0.2, 0.25) is 0 Å². The molecule has 1 saturated carbocycles. The van der Waals surface area contributed by atoms with Crippen molar-refractivity contribution in [3.05, 3.63) is 29.3 Å². The fourth-order valence-electron chi connectivity index (χ4n) is 4.80. The van der Waals surface area contributed by atoms with Crippen LogP contribution in [0.2, 0.25) is 0 Å². The van der Waals surface area contributed by atoms with E-state index in [2.05, 4.69) is 13.0 Å². The van der Waals surface area contributed by atoms with Crippen LogP contribution in [0.1, 0.15) is 56.6 Å². The number of hydrogen-bond acceptors (Lipinski definition) is 3. The zero-order valence-corrected chi connectivity index (χ0v) is 13.3. The first-order valence-corrected chi connectivity index (χ1v) is 8.17. The number of ketones is 1. The Labute approximate surface area is 132 Å².